The number of aliphatic hydroxyl groups excluding tert-OH is 2. The van der Waals surface area contributed by atoms with Crippen molar-refractivity contribution in [3.05, 3.63) is 24.3 Å². The molecule has 1 saturated carbocycles. The van der Waals surface area contributed by atoms with Crippen molar-refractivity contribution >= 4 is 0 Å². The van der Waals surface area contributed by atoms with Crippen molar-refractivity contribution < 1.29 is 10.2 Å². The fourth-order valence-electron chi connectivity index (χ4n) is 3.70. The fourth-order valence-corrected chi connectivity index (χ4v) is 3.70. The van der Waals surface area contributed by atoms with Crippen LogP contribution in [0, 0.1) is 23.2 Å². The number of allylic oxidation sites excluding steroid dienone is 2. The summed E-state index contributed by atoms with van der Waals surface area (Å²) < 4.78 is 0. The van der Waals surface area contributed by atoms with Crippen molar-refractivity contribution in [2.24, 2.45) is 23.2 Å². The molecule has 0 aliphatic heterocycles. The van der Waals surface area contributed by atoms with Crippen LogP contribution in [0.25, 0.3) is 0 Å². The van der Waals surface area contributed by atoms with E-state index in [0.717, 1.165) is 12.8 Å². The number of fused-ring (bicyclic) bond motifs is 1. The number of rotatable bonds is 2. The van der Waals surface area contributed by atoms with Gasteiger partial charge in [0.25, 0.3) is 0 Å². The first-order chi connectivity index (χ1) is 8.38. The van der Waals surface area contributed by atoms with Crippen LogP contribution in [-0.2, 0) is 0 Å². The minimum atomic E-state index is -0.690. The highest BCUT2D eigenvalue weighted by Gasteiger charge is 2.46. The van der Waals surface area contributed by atoms with E-state index in [1.165, 1.54) is 5.57 Å². The molecule has 0 heterocycles. The van der Waals surface area contributed by atoms with Gasteiger partial charge in [0.05, 0.1) is 12.2 Å². The monoisotopic (exact) mass is 250 g/mol. The maximum atomic E-state index is 9.94. The second-order valence-electron chi connectivity index (χ2n) is 6.66. The molecule has 5 atom stereocenters. The molecule has 0 aromatic rings. The highest BCUT2D eigenvalue weighted by Crippen LogP contribution is 2.54. The van der Waals surface area contributed by atoms with Crippen molar-refractivity contribution in [2.75, 3.05) is 0 Å². The van der Waals surface area contributed by atoms with E-state index in [9.17, 15) is 10.2 Å². The van der Waals surface area contributed by atoms with Gasteiger partial charge in [-0.2, -0.15) is 0 Å². The maximum absolute atomic E-state index is 9.94. The Kier molecular flexibility index (Phi) is 3.70. The Hall–Kier alpha value is -0.600. The predicted octanol–water partition coefficient (Wildman–Crippen LogP) is 2.91. The molecular weight excluding hydrogens is 224 g/mol. The molecule has 102 valence electrons. The first-order valence-electron chi connectivity index (χ1n) is 7.08. The Morgan fingerprint density at radius 3 is 2.67 bits per heavy atom. The Labute approximate surface area is 110 Å². The van der Waals surface area contributed by atoms with Crippen LogP contribution in [0.3, 0.4) is 0 Å². The lowest BCUT2D eigenvalue weighted by Crippen LogP contribution is -2.45. The average molecular weight is 250 g/mol. The van der Waals surface area contributed by atoms with E-state index in [1.807, 2.05) is 12.2 Å². The summed E-state index contributed by atoms with van der Waals surface area (Å²) in [7, 11) is 0. The van der Waals surface area contributed by atoms with Crippen LogP contribution in [0.15, 0.2) is 24.3 Å². The van der Waals surface area contributed by atoms with Gasteiger partial charge in [0.1, 0.15) is 0 Å². The molecule has 2 aliphatic rings. The van der Waals surface area contributed by atoms with E-state index in [0.29, 0.717) is 24.2 Å². The molecule has 2 N–H and O–H groups in total. The largest absolute Gasteiger partial charge is 0.390 e. The van der Waals surface area contributed by atoms with Crippen molar-refractivity contribution in [1.82, 2.24) is 0 Å². The lowest BCUT2D eigenvalue weighted by Gasteiger charge is -2.50. The molecule has 18 heavy (non-hydrogen) atoms. The lowest BCUT2D eigenvalue weighted by molar-refractivity contribution is -0.0122. The van der Waals surface area contributed by atoms with Gasteiger partial charge >= 0.3 is 0 Å². The predicted molar refractivity (Wildman–Crippen MR) is 74.1 cm³/mol. The Bertz CT molecular complexity index is 358. The molecule has 2 nitrogen and oxygen atoms in total. The summed E-state index contributed by atoms with van der Waals surface area (Å²) in [6, 6.07) is 0. The molecule has 2 unspecified atom stereocenters. The molecule has 0 radical (unpaired) electrons. The van der Waals surface area contributed by atoms with Crippen molar-refractivity contribution in [1.29, 1.82) is 0 Å². The Balaban J connectivity index is 2.35. The highest BCUT2D eigenvalue weighted by molar-refractivity contribution is 5.27. The molecule has 2 heteroatoms. The van der Waals surface area contributed by atoms with Gasteiger partial charge in [-0.1, -0.05) is 38.5 Å². The second kappa shape index (κ2) is 4.82. The molecule has 0 aromatic heterocycles. The van der Waals surface area contributed by atoms with Crippen LogP contribution in [-0.4, -0.2) is 22.4 Å². The van der Waals surface area contributed by atoms with E-state index in [4.69, 9.17) is 0 Å². The van der Waals surface area contributed by atoms with Gasteiger partial charge in [0, 0.05) is 0 Å². The molecule has 0 saturated heterocycles. The molecule has 1 fully saturated rings. The van der Waals surface area contributed by atoms with Gasteiger partial charge in [0.15, 0.2) is 0 Å². The zero-order valence-corrected chi connectivity index (χ0v) is 11.8. The molecule has 0 spiro atoms. The summed E-state index contributed by atoms with van der Waals surface area (Å²) in [5.74, 6) is 1.73. The van der Waals surface area contributed by atoms with Crippen molar-refractivity contribution in [3.63, 3.8) is 0 Å². The summed E-state index contributed by atoms with van der Waals surface area (Å²) in [4.78, 5) is 0. The number of hydrogen-bond acceptors (Lipinski definition) is 2. The quantitative estimate of drug-likeness (QED) is 0.740. The summed E-state index contributed by atoms with van der Waals surface area (Å²) in [6.07, 6.45) is 5.49. The van der Waals surface area contributed by atoms with Crippen LogP contribution in [0.1, 0.15) is 40.0 Å². The molecule has 0 bridgehead atoms. The zero-order valence-electron chi connectivity index (χ0n) is 11.8. The summed E-state index contributed by atoms with van der Waals surface area (Å²) in [5.41, 5.74) is 1.32. The Morgan fingerprint density at radius 1 is 1.44 bits per heavy atom. The maximum Gasteiger partial charge on any atom is 0.0983 e. The van der Waals surface area contributed by atoms with Crippen LogP contribution < -0.4 is 0 Å². The van der Waals surface area contributed by atoms with Crippen LogP contribution >= 0.6 is 0 Å². The first-order valence-corrected chi connectivity index (χ1v) is 7.08. The molecule has 2 aliphatic carbocycles. The first kappa shape index (κ1) is 13.8. The second-order valence-corrected chi connectivity index (χ2v) is 6.66. The van der Waals surface area contributed by atoms with Gasteiger partial charge in [-0.15, -0.1) is 6.58 Å². The van der Waals surface area contributed by atoms with Gasteiger partial charge in [-0.25, -0.2) is 0 Å². The molecular formula is C16H26O2. The SMILES string of the molecule is C=C[C@@H]1C[C@@H](C(C)C)CC2=CC(O)C(O)C[C@]21C. The lowest BCUT2D eigenvalue weighted by atomic mass is 9.56. The van der Waals surface area contributed by atoms with Crippen LogP contribution in [0.5, 0.6) is 0 Å². The highest BCUT2D eigenvalue weighted by atomic mass is 16.3. The smallest absolute Gasteiger partial charge is 0.0983 e. The van der Waals surface area contributed by atoms with E-state index >= 15 is 0 Å². The van der Waals surface area contributed by atoms with Gasteiger partial charge < -0.3 is 10.2 Å². The third-order valence-electron chi connectivity index (χ3n) is 5.22. The average Bonchev–Trinajstić information content (AvgIpc) is 2.29. The van der Waals surface area contributed by atoms with Crippen molar-refractivity contribution in [3.8, 4) is 0 Å². The molecule has 0 aromatic carbocycles. The number of aliphatic hydroxyl groups is 2. The van der Waals surface area contributed by atoms with Gasteiger partial charge in [-0.05, 0) is 42.4 Å². The standard InChI is InChI=1S/C16H26O2/c1-5-12-6-11(10(2)3)7-13-8-14(17)15(18)9-16(12,13)4/h5,8,10-12,14-15,17-18H,1,6-7,9H2,2-4H3/t11-,12-,14?,15?,16+/m1/s1. The summed E-state index contributed by atoms with van der Waals surface area (Å²) in [5, 5.41) is 19.8. The third kappa shape index (κ3) is 2.17. The molecule has 0 amide bonds. The van der Waals surface area contributed by atoms with E-state index in [2.05, 4.69) is 27.4 Å². The molecule has 2 rings (SSSR count). The van der Waals surface area contributed by atoms with E-state index < -0.39 is 12.2 Å². The van der Waals surface area contributed by atoms with Crippen molar-refractivity contribution in [2.45, 2.75) is 52.2 Å². The Morgan fingerprint density at radius 2 is 2.11 bits per heavy atom. The topological polar surface area (TPSA) is 40.5 Å². The van der Waals surface area contributed by atoms with Crippen LogP contribution in [0.4, 0.5) is 0 Å². The zero-order chi connectivity index (χ0) is 13.5. The fraction of sp³-hybridized carbons (Fsp3) is 0.750. The summed E-state index contributed by atoms with van der Waals surface area (Å²) >= 11 is 0. The van der Waals surface area contributed by atoms with Crippen LogP contribution in [0.2, 0.25) is 0 Å². The van der Waals surface area contributed by atoms with E-state index in [-0.39, 0.29) is 5.41 Å². The van der Waals surface area contributed by atoms with Gasteiger partial charge in [0.2, 0.25) is 0 Å². The minimum Gasteiger partial charge on any atom is -0.390 e. The normalized spacial score (nSPS) is 44.4. The third-order valence-corrected chi connectivity index (χ3v) is 5.22. The summed E-state index contributed by atoms with van der Waals surface area (Å²) in [6.45, 7) is 10.7. The number of hydrogen-bond donors (Lipinski definition) is 2. The van der Waals surface area contributed by atoms with E-state index in [1.54, 1.807) is 0 Å². The van der Waals surface area contributed by atoms with Gasteiger partial charge in [-0.3, -0.25) is 0 Å². The minimum absolute atomic E-state index is 0.00815.